The number of Topliss-reactive ketones (excluding diaryl/α,β-unsaturated/α-hetero) is 1. The van der Waals surface area contributed by atoms with Crippen LogP contribution in [0.3, 0.4) is 0 Å². The van der Waals surface area contributed by atoms with Crippen molar-refractivity contribution in [2.45, 2.75) is 26.3 Å². The summed E-state index contributed by atoms with van der Waals surface area (Å²) in [6.07, 6.45) is -0.132. The number of ketones is 1. The van der Waals surface area contributed by atoms with Crippen molar-refractivity contribution >= 4 is 11.8 Å². The lowest BCUT2D eigenvalue weighted by Gasteiger charge is -2.01. The number of esters is 1. The van der Waals surface area contributed by atoms with Gasteiger partial charge in [0.05, 0.1) is 6.61 Å². The number of hydrogen-bond acceptors (Lipinski definition) is 3. The first-order chi connectivity index (χ1) is 5.61. The average molecular weight is 169 g/mol. The maximum atomic E-state index is 10.8. The van der Waals surface area contributed by atoms with E-state index >= 15 is 0 Å². The summed E-state index contributed by atoms with van der Waals surface area (Å²) >= 11 is 0. The summed E-state index contributed by atoms with van der Waals surface area (Å²) < 4.78 is 4.59. The van der Waals surface area contributed by atoms with Crippen molar-refractivity contribution in [1.29, 1.82) is 0 Å². The van der Waals surface area contributed by atoms with Gasteiger partial charge in [-0.2, -0.15) is 0 Å². The van der Waals surface area contributed by atoms with Gasteiger partial charge in [0.2, 0.25) is 5.78 Å². The summed E-state index contributed by atoms with van der Waals surface area (Å²) in [6, 6.07) is -0.871. The highest BCUT2D eigenvalue weighted by Crippen LogP contribution is 2.01. The molecular weight excluding hydrogens is 158 g/mol. The number of carbonyl (C=O) groups excluding carboxylic acids is 2. The molecule has 1 unspecified atom stereocenters. The second kappa shape index (κ2) is 5.30. The highest BCUT2D eigenvalue weighted by atomic mass is 16.5. The van der Waals surface area contributed by atoms with E-state index in [1.165, 1.54) is 6.92 Å². The molecule has 1 atom stereocenters. The van der Waals surface area contributed by atoms with Crippen molar-refractivity contribution in [2.75, 3.05) is 6.61 Å². The third-order valence-electron chi connectivity index (χ3n) is 1.29. The van der Waals surface area contributed by atoms with E-state index in [1.807, 2.05) is 0 Å². The van der Waals surface area contributed by atoms with Crippen LogP contribution >= 0.6 is 0 Å². The minimum atomic E-state index is -0.871. The lowest BCUT2D eigenvalue weighted by atomic mass is 10.1. The third kappa shape index (κ3) is 3.71. The van der Waals surface area contributed by atoms with Crippen LogP contribution in [0.15, 0.2) is 0 Å². The lowest BCUT2D eigenvalue weighted by molar-refractivity contribution is -0.144. The Morgan fingerprint density at radius 2 is 2.17 bits per heavy atom. The fourth-order valence-corrected chi connectivity index (χ4v) is 0.658. The Labute approximate surface area is 71.3 Å². The SMILES string of the molecule is [C-]#[N+]C(CC(=O)OCC)C(C)=O. The van der Waals surface area contributed by atoms with E-state index in [0.29, 0.717) is 0 Å². The summed E-state index contributed by atoms with van der Waals surface area (Å²) in [5.41, 5.74) is 0. The fraction of sp³-hybridized carbons (Fsp3) is 0.625. The van der Waals surface area contributed by atoms with E-state index in [4.69, 9.17) is 6.57 Å². The Morgan fingerprint density at radius 3 is 2.50 bits per heavy atom. The van der Waals surface area contributed by atoms with Gasteiger partial charge in [-0.3, -0.25) is 9.59 Å². The van der Waals surface area contributed by atoms with Crippen LogP contribution < -0.4 is 0 Å². The van der Waals surface area contributed by atoms with Crippen molar-refractivity contribution in [3.05, 3.63) is 11.4 Å². The molecular formula is C8H11NO3. The monoisotopic (exact) mass is 169 g/mol. The number of hydrogen-bond donors (Lipinski definition) is 0. The Balaban J connectivity index is 3.97. The first-order valence-corrected chi connectivity index (χ1v) is 3.64. The molecule has 0 N–H and O–H groups in total. The largest absolute Gasteiger partial charge is 0.466 e. The van der Waals surface area contributed by atoms with Gasteiger partial charge in [0.15, 0.2) is 0 Å². The predicted octanol–water partition coefficient (Wildman–Crippen LogP) is 0.816. The second-order valence-corrected chi connectivity index (χ2v) is 2.26. The van der Waals surface area contributed by atoms with Crippen LogP contribution in [0.25, 0.3) is 4.85 Å². The average Bonchev–Trinajstić information content (AvgIpc) is 2.00. The molecule has 0 saturated heterocycles. The zero-order chi connectivity index (χ0) is 9.56. The van der Waals surface area contributed by atoms with Gasteiger partial charge in [-0.25, -0.2) is 6.57 Å². The van der Waals surface area contributed by atoms with Crippen LogP contribution in [0.2, 0.25) is 0 Å². The van der Waals surface area contributed by atoms with E-state index in [1.54, 1.807) is 6.92 Å². The zero-order valence-electron chi connectivity index (χ0n) is 7.16. The molecule has 0 aromatic carbocycles. The third-order valence-corrected chi connectivity index (χ3v) is 1.29. The number of rotatable bonds is 4. The molecule has 0 saturated carbocycles. The van der Waals surface area contributed by atoms with E-state index in [0.717, 1.165) is 0 Å². The van der Waals surface area contributed by atoms with Gasteiger partial charge in [-0.1, -0.05) is 0 Å². The maximum absolute atomic E-state index is 10.8. The van der Waals surface area contributed by atoms with Gasteiger partial charge >= 0.3 is 5.97 Å². The number of ether oxygens (including phenoxy) is 1. The molecule has 4 nitrogen and oxygen atoms in total. The van der Waals surface area contributed by atoms with Crippen molar-refractivity contribution in [1.82, 2.24) is 0 Å². The van der Waals surface area contributed by atoms with Gasteiger partial charge in [0.25, 0.3) is 6.04 Å². The first-order valence-electron chi connectivity index (χ1n) is 3.64. The molecule has 0 aliphatic heterocycles. The van der Waals surface area contributed by atoms with Gasteiger partial charge < -0.3 is 9.58 Å². The lowest BCUT2D eigenvalue weighted by Crippen LogP contribution is -2.19. The first kappa shape index (κ1) is 10.6. The van der Waals surface area contributed by atoms with E-state index in [9.17, 15) is 9.59 Å². The van der Waals surface area contributed by atoms with Gasteiger partial charge in [0, 0.05) is 6.92 Å². The molecule has 0 fully saturated rings. The molecule has 0 aromatic rings. The molecule has 4 heteroatoms. The van der Waals surface area contributed by atoms with Crippen molar-refractivity contribution in [3.8, 4) is 0 Å². The van der Waals surface area contributed by atoms with Crippen molar-refractivity contribution in [3.63, 3.8) is 0 Å². The minimum Gasteiger partial charge on any atom is -0.466 e. The molecule has 0 radical (unpaired) electrons. The summed E-state index contributed by atoms with van der Waals surface area (Å²) in [5, 5.41) is 0. The number of nitrogens with zero attached hydrogens (tertiary/aromatic N) is 1. The van der Waals surface area contributed by atoms with Crippen LogP contribution in [-0.2, 0) is 14.3 Å². The Hall–Kier alpha value is -1.37. The molecule has 0 aromatic heterocycles. The predicted molar refractivity (Wildman–Crippen MR) is 42.3 cm³/mol. The summed E-state index contributed by atoms with van der Waals surface area (Å²) in [5.74, 6) is -0.785. The smallest absolute Gasteiger partial charge is 0.314 e. The van der Waals surface area contributed by atoms with E-state index < -0.39 is 12.0 Å². The van der Waals surface area contributed by atoms with Gasteiger partial charge in [0.1, 0.15) is 6.42 Å². The topological polar surface area (TPSA) is 47.7 Å². The zero-order valence-corrected chi connectivity index (χ0v) is 7.16. The molecule has 12 heavy (non-hydrogen) atoms. The molecule has 0 rings (SSSR count). The van der Waals surface area contributed by atoms with Gasteiger partial charge in [-0.05, 0) is 6.92 Å². The fourth-order valence-electron chi connectivity index (χ4n) is 0.658. The normalized spacial score (nSPS) is 11.4. The molecule has 0 bridgehead atoms. The van der Waals surface area contributed by atoms with Crippen LogP contribution in [-0.4, -0.2) is 24.4 Å². The van der Waals surface area contributed by atoms with Crippen molar-refractivity contribution in [2.24, 2.45) is 0 Å². The highest BCUT2D eigenvalue weighted by Gasteiger charge is 2.23. The molecule has 66 valence electrons. The van der Waals surface area contributed by atoms with Crippen molar-refractivity contribution < 1.29 is 14.3 Å². The molecule has 0 heterocycles. The Morgan fingerprint density at radius 1 is 1.58 bits per heavy atom. The van der Waals surface area contributed by atoms with E-state index in [2.05, 4.69) is 9.58 Å². The molecule has 0 aliphatic carbocycles. The maximum Gasteiger partial charge on any atom is 0.314 e. The summed E-state index contributed by atoms with van der Waals surface area (Å²) in [4.78, 5) is 24.5. The molecule has 0 amide bonds. The summed E-state index contributed by atoms with van der Waals surface area (Å²) in [6.45, 7) is 9.86. The standard InChI is InChI=1S/C8H11NO3/c1-4-12-8(11)5-7(9-3)6(2)10/h7H,4-5H2,1-2H3. The van der Waals surface area contributed by atoms with Crippen LogP contribution in [0.5, 0.6) is 0 Å². The number of carbonyl (C=O) groups is 2. The van der Waals surface area contributed by atoms with Crippen LogP contribution in [0.1, 0.15) is 20.3 Å². The highest BCUT2D eigenvalue weighted by molar-refractivity contribution is 5.87. The van der Waals surface area contributed by atoms with E-state index in [-0.39, 0.29) is 18.8 Å². The quantitative estimate of drug-likeness (QED) is 0.462. The van der Waals surface area contributed by atoms with Crippen LogP contribution in [0, 0.1) is 6.57 Å². The molecule has 0 spiro atoms. The summed E-state index contributed by atoms with van der Waals surface area (Å²) in [7, 11) is 0. The minimum absolute atomic E-state index is 0.132. The Kier molecular flexibility index (Phi) is 4.70. The Bertz CT molecular complexity index is 217. The van der Waals surface area contributed by atoms with Crippen LogP contribution in [0.4, 0.5) is 0 Å². The second-order valence-electron chi connectivity index (χ2n) is 2.26. The van der Waals surface area contributed by atoms with Gasteiger partial charge in [-0.15, -0.1) is 0 Å². The molecule has 0 aliphatic rings.